The van der Waals surface area contributed by atoms with Crippen LogP contribution in [0.25, 0.3) is 5.70 Å². The largest absolute Gasteiger partial charge is 0.374 e. The number of carbonyl (C=O) groups excluding carboxylic acids is 1. The van der Waals surface area contributed by atoms with Crippen LogP contribution in [0.2, 0.25) is 0 Å². The highest BCUT2D eigenvalue weighted by molar-refractivity contribution is 5.94. The normalized spacial score (nSPS) is 10.3. The first-order valence-electron chi connectivity index (χ1n) is 7.16. The summed E-state index contributed by atoms with van der Waals surface area (Å²) in [6.45, 7) is 11.2. The fourth-order valence-electron chi connectivity index (χ4n) is 2.17. The zero-order valence-corrected chi connectivity index (χ0v) is 13.4. The van der Waals surface area contributed by atoms with Crippen molar-refractivity contribution >= 4 is 11.6 Å². The average Bonchev–Trinajstić information content (AvgIpc) is 2.38. The van der Waals surface area contributed by atoms with Crippen LogP contribution < -0.4 is 5.32 Å². The minimum absolute atomic E-state index is 0.0193. The van der Waals surface area contributed by atoms with Gasteiger partial charge in [0.2, 0.25) is 0 Å². The maximum Gasteiger partial charge on any atom is 0.251 e. The number of amides is 1. The van der Waals surface area contributed by atoms with E-state index in [1.165, 1.54) is 11.3 Å². The van der Waals surface area contributed by atoms with Gasteiger partial charge in [0.1, 0.15) is 0 Å². The lowest BCUT2D eigenvalue weighted by molar-refractivity contribution is 0.0943. The maximum absolute atomic E-state index is 11.9. The van der Waals surface area contributed by atoms with E-state index in [1.54, 1.807) is 0 Å². The van der Waals surface area contributed by atoms with Crippen molar-refractivity contribution in [1.29, 1.82) is 0 Å². The predicted molar refractivity (Wildman–Crippen MR) is 85.6 cm³/mol. The monoisotopic (exact) mass is 274 g/mol. The van der Waals surface area contributed by atoms with E-state index in [2.05, 4.69) is 38.0 Å². The molecule has 1 aromatic carbocycles. The number of carbonyl (C=O) groups is 1. The summed E-state index contributed by atoms with van der Waals surface area (Å²) in [7, 11) is 2.09. The predicted octanol–water partition coefficient (Wildman–Crippen LogP) is 3.53. The van der Waals surface area contributed by atoms with Crippen LogP contribution in [-0.2, 0) is 0 Å². The lowest BCUT2D eigenvalue weighted by Gasteiger charge is -2.23. The highest BCUT2D eigenvalue weighted by atomic mass is 16.1. The summed E-state index contributed by atoms with van der Waals surface area (Å²) in [6.07, 6.45) is 0. The summed E-state index contributed by atoms with van der Waals surface area (Å²) in [5, 5.41) is 2.90. The number of rotatable bonds is 5. The molecule has 0 heterocycles. The highest BCUT2D eigenvalue weighted by Crippen LogP contribution is 2.22. The highest BCUT2D eigenvalue weighted by Gasteiger charge is 2.10. The third-order valence-corrected chi connectivity index (χ3v) is 3.17. The molecule has 0 spiro atoms. The van der Waals surface area contributed by atoms with Crippen LogP contribution in [0.1, 0.15) is 50.5 Å². The van der Waals surface area contributed by atoms with Crippen molar-refractivity contribution in [3.8, 4) is 0 Å². The van der Waals surface area contributed by atoms with Crippen LogP contribution in [0.3, 0.4) is 0 Å². The van der Waals surface area contributed by atoms with Crippen molar-refractivity contribution in [3.63, 3.8) is 0 Å². The molecule has 0 saturated carbocycles. The van der Waals surface area contributed by atoms with Crippen LogP contribution >= 0.6 is 0 Å². The van der Waals surface area contributed by atoms with E-state index in [0.717, 1.165) is 12.1 Å². The van der Waals surface area contributed by atoms with Crippen molar-refractivity contribution in [2.24, 2.45) is 0 Å². The van der Waals surface area contributed by atoms with Crippen LogP contribution in [-0.4, -0.2) is 30.4 Å². The number of benzene rings is 1. The summed E-state index contributed by atoms with van der Waals surface area (Å²) in [5.41, 5.74) is 4.35. The maximum atomic E-state index is 11.9. The fraction of sp³-hybridized carbons (Fsp3) is 0.471. The quantitative estimate of drug-likeness (QED) is 0.891. The molecular formula is C17H26N2O. The van der Waals surface area contributed by atoms with Crippen LogP contribution in [0.5, 0.6) is 0 Å². The van der Waals surface area contributed by atoms with Gasteiger partial charge in [0, 0.05) is 30.9 Å². The topological polar surface area (TPSA) is 32.3 Å². The first-order chi connectivity index (χ1) is 9.36. The molecular weight excluding hydrogens is 248 g/mol. The molecule has 0 unspecified atom stereocenters. The summed E-state index contributed by atoms with van der Waals surface area (Å²) >= 11 is 0. The Morgan fingerprint density at radius 3 is 2.05 bits per heavy atom. The summed E-state index contributed by atoms with van der Waals surface area (Å²) < 4.78 is 0. The molecule has 0 fully saturated rings. The van der Waals surface area contributed by atoms with Gasteiger partial charge in [0.25, 0.3) is 5.91 Å². The van der Waals surface area contributed by atoms with Crippen LogP contribution in [0, 0.1) is 0 Å². The van der Waals surface area contributed by atoms with Crippen molar-refractivity contribution in [3.05, 3.63) is 41.0 Å². The van der Waals surface area contributed by atoms with Gasteiger partial charge in [0.15, 0.2) is 0 Å². The molecule has 1 N–H and O–H groups in total. The molecule has 0 aromatic heterocycles. The fourth-order valence-corrected chi connectivity index (χ4v) is 2.17. The summed E-state index contributed by atoms with van der Waals surface area (Å²) in [6, 6.07) is 7.97. The minimum atomic E-state index is -0.0193. The lowest BCUT2D eigenvalue weighted by Crippen LogP contribution is -2.30. The van der Waals surface area contributed by atoms with Crippen molar-refractivity contribution < 1.29 is 4.79 Å². The average molecular weight is 274 g/mol. The number of allylic oxidation sites excluding steroid dienone is 1. The third kappa shape index (κ3) is 4.12. The van der Waals surface area contributed by atoms with Gasteiger partial charge in [0.05, 0.1) is 0 Å². The van der Waals surface area contributed by atoms with Gasteiger partial charge >= 0.3 is 0 Å². The molecule has 0 aliphatic carbocycles. The Morgan fingerprint density at radius 2 is 1.65 bits per heavy atom. The zero-order valence-electron chi connectivity index (χ0n) is 13.4. The number of nitrogens with one attached hydrogen (secondary N) is 1. The van der Waals surface area contributed by atoms with E-state index < -0.39 is 0 Å². The first-order valence-corrected chi connectivity index (χ1v) is 7.16. The SMILES string of the molecule is CCN(C)C(=C(C)C)c1ccc(C(=O)NC(C)C)cc1. The van der Waals surface area contributed by atoms with Crippen LogP contribution in [0.15, 0.2) is 29.8 Å². The molecule has 0 saturated heterocycles. The van der Waals surface area contributed by atoms with E-state index in [0.29, 0.717) is 5.56 Å². The zero-order chi connectivity index (χ0) is 15.3. The molecule has 0 atom stereocenters. The molecule has 1 amide bonds. The molecule has 20 heavy (non-hydrogen) atoms. The summed E-state index contributed by atoms with van der Waals surface area (Å²) in [5.74, 6) is -0.0193. The second kappa shape index (κ2) is 7.13. The number of hydrogen-bond donors (Lipinski definition) is 1. The van der Waals surface area contributed by atoms with Gasteiger partial charge < -0.3 is 10.2 Å². The van der Waals surface area contributed by atoms with Gasteiger partial charge in [-0.1, -0.05) is 17.7 Å². The Kier molecular flexibility index (Phi) is 5.81. The molecule has 1 aromatic rings. The Morgan fingerprint density at radius 1 is 1.15 bits per heavy atom. The summed E-state index contributed by atoms with van der Waals surface area (Å²) in [4.78, 5) is 14.1. The Balaban J connectivity index is 3.01. The van der Waals surface area contributed by atoms with E-state index in [9.17, 15) is 4.79 Å². The minimum Gasteiger partial charge on any atom is -0.374 e. The molecule has 0 radical (unpaired) electrons. The lowest BCUT2D eigenvalue weighted by atomic mass is 10.0. The first kappa shape index (κ1) is 16.3. The molecule has 0 aliphatic rings. The molecule has 3 heteroatoms. The van der Waals surface area contributed by atoms with E-state index in [4.69, 9.17) is 0 Å². The molecule has 0 bridgehead atoms. The van der Waals surface area contributed by atoms with Crippen molar-refractivity contribution in [1.82, 2.24) is 10.2 Å². The Hall–Kier alpha value is -1.77. The van der Waals surface area contributed by atoms with Gasteiger partial charge in [-0.05, 0) is 52.3 Å². The smallest absolute Gasteiger partial charge is 0.251 e. The third-order valence-electron chi connectivity index (χ3n) is 3.17. The molecule has 1 rings (SSSR count). The molecule has 3 nitrogen and oxygen atoms in total. The second-order valence-electron chi connectivity index (χ2n) is 5.57. The Labute approximate surface area is 122 Å². The molecule has 0 aliphatic heterocycles. The molecule has 110 valence electrons. The van der Waals surface area contributed by atoms with Gasteiger partial charge in [-0.15, -0.1) is 0 Å². The van der Waals surface area contributed by atoms with Crippen LogP contribution in [0.4, 0.5) is 0 Å². The standard InChI is InChI=1S/C17H26N2O/c1-7-19(6)16(12(2)3)14-8-10-15(11-9-14)17(20)18-13(4)5/h8-11,13H,7H2,1-6H3,(H,18,20). The van der Waals surface area contributed by atoms with E-state index >= 15 is 0 Å². The van der Waals surface area contributed by atoms with Gasteiger partial charge in [-0.25, -0.2) is 0 Å². The second-order valence-corrected chi connectivity index (χ2v) is 5.57. The van der Waals surface area contributed by atoms with Crippen molar-refractivity contribution in [2.45, 2.75) is 40.7 Å². The number of nitrogens with zero attached hydrogens (tertiary/aromatic N) is 1. The van der Waals surface area contributed by atoms with Gasteiger partial charge in [-0.2, -0.15) is 0 Å². The number of hydrogen-bond acceptors (Lipinski definition) is 2. The van der Waals surface area contributed by atoms with E-state index in [-0.39, 0.29) is 11.9 Å². The van der Waals surface area contributed by atoms with Gasteiger partial charge in [-0.3, -0.25) is 4.79 Å². The van der Waals surface area contributed by atoms with E-state index in [1.807, 2.05) is 38.1 Å². The van der Waals surface area contributed by atoms with Crippen molar-refractivity contribution in [2.75, 3.05) is 13.6 Å². The Bertz CT molecular complexity index is 482.